The summed E-state index contributed by atoms with van der Waals surface area (Å²) in [6.07, 6.45) is 3.09. The fourth-order valence-electron chi connectivity index (χ4n) is 2.01. The van der Waals surface area contributed by atoms with Crippen LogP contribution in [0, 0.1) is 5.92 Å². The third kappa shape index (κ3) is 4.92. The van der Waals surface area contributed by atoms with E-state index in [4.69, 9.17) is 5.11 Å². The van der Waals surface area contributed by atoms with E-state index in [2.05, 4.69) is 15.5 Å². The third-order valence-corrected chi connectivity index (χ3v) is 3.22. The van der Waals surface area contributed by atoms with Crippen LogP contribution in [0.4, 0.5) is 0 Å². The van der Waals surface area contributed by atoms with Gasteiger partial charge in [-0.05, 0) is 44.4 Å². The van der Waals surface area contributed by atoms with Crippen LogP contribution in [-0.2, 0) is 11.2 Å². The van der Waals surface area contributed by atoms with Gasteiger partial charge in [0.25, 0.3) is 0 Å². The minimum absolute atomic E-state index is 0.0924. The SMILES string of the molecule is CN[C@H](C(=O)O)[C@H](O)[C@H](C)CCCc1cccnn1. The maximum atomic E-state index is 10.9. The predicted molar refractivity (Wildman–Crippen MR) is 70.6 cm³/mol. The summed E-state index contributed by atoms with van der Waals surface area (Å²) in [5.74, 6) is -1.12. The predicted octanol–water partition coefficient (Wildman–Crippen LogP) is 0.469. The van der Waals surface area contributed by atoms with Crippen LogP contribution in [0.1, 0.15) is 25.5 Å². The number of aliphatic hydroxyl groups excluding tert-OH is 1. The van der Waals surface area contributed by atoms with Crippen LogP contribution in [0.25, 0.3) is 0 Å². The molecule has 0 aliphatic heterocycles. The first-order valence-electron chi connectivity index (χ1n) is 6.41. The van der Waals surface area contributed by atoms with Crippen LogP contribution >= 0.6 is 0 Å². The van der Waals surface area contributed by atoms with Crippen molar-refractivity contribution in [2.45, 2.75) is 38.3 Å². The van der Waals surface area contributed by atoms with Gasteiger partial charge < -0.3 is 15.5 Å². The summed E-state index contributed by atoms with van der Waals surface area (Å²) in [6, 6.07) is 2.82. The second-order valence-electron chi connectivity index (χ2n) is 4.68. The van der Waals surface area contributed by atoms with E-state index < -0.39 is 18.1 Å². The molecule has 1 aromatic heterocycles. The van der Waals surface area contributed by atoms with Crippen molar-refractivity contribution >= 4 is 5.97 Å². The molecule has 19 heavy (non-hydrogen) atoms. The summed E-state index contributed by atoms with van der Waals surface area (Å²) in [5.41, 5.74) is 0.910. The highest BCUT2D eigenvalue weighted by molar-refractivity contribution is 5.74. The zero-order valence-electron chi connectivity index (χ0n) is 11.3. The van der Waals surface area contributed by atoms with Gasteiger partial charge >= 0.3 is 5.97 Å². The van der Waals surface area contributed by atoms with Crippen molar-refractivity contribution in [1.82, 2.24) is 15.5 Å². The number of aryl methyl sites for hydroxylation is 1. The molecule has 0 radical (unpaired) electrons. The molecule has 1 heterocycles. The molecule has 0 saturated carbocycles. The van der Waals surface area contributed by atoms with Gasteiger partial charge in [-0.1, -0.05) is 6.92 Å². The van der Waals surface area contributed by atoms with Gasteiger partial charge in [0, 0.05) is 6.20 Å². The average molecular weight is 267 g/mol. The molecule has 0 aliphatic carbocycles. The molecule has 3 atom stereocenters. The van der Waals surface area contributed by atoms with Crippen molar-refractivity contribution in [3.05, 3.63) is 24.0 Å². The number of carboxylic acid groups (broad SMARTS) is 1. The average Bonchev–Trinajstić information content (AvgIpc) is 2.40. The lowest BCUT2D eigenvalue weighted by Gasteiger charge is -2.24. The van der Waals surface area contributed by atoms with E-state index in [1.165, 1.54) is 7.05 Å². The Bertz CT molecular complexity index is 386. The van der Waals surface area contributed by atoms with Crippen molar-refractivity contribution in [2.24, 2.45) is 5.92 Å². The van der Waals surface area contributed by atoms with E-state index in [1.54, 1.807) is 6.20 Å². The number of nitrogens with zero attached hydrogens (tertiary/aromatic N) is 2. The Morgan fingerprint density at radius 2 is 2.26 bits per heavy atom. The Morgan fingerprint density at radius 1 is 1.53 bits per heavy atom. The summed E-state index contributed by atoms with van der Waals surface area (Å²) in [7, 11) is 1.54. The number of likely N-dealkylation sites (N-methyl/N-ethyl adjacent to an activating group) is 1. The van der Waals surface area contributed by atoms with E-state index in [-0.39, 0.29) is 5.92 Å². The molecular weight excluding hydrogens is 246 g/mol. The molecule has 0 spiro atoms. The first kappa shape index (κ1) is 15.5. The van der Waals surface area contributed by atoms with Gasteiger partial charge in [0.15, 0.2) is 0 Å². The van der Waals surface area contributed by atoms with Crippen LogP contribution in [-0.4, -0.2) is 45.6 Å². The molecule has 6 nitrogen and oxygen atoms in total. The molecule has 1 aromatic rings. The summed E-state index contributed by atoms with van der Waals surface area (Å²) in [4.78, 5) is 10.9. The smallest absolute Gasteiger partial charge is 0.323 e. The van der Waals surface area contributed by atoms with Gasteiger partial charge in [0.05, 0.1) is 11.8 Å². The molecule has 3 N–H and O–H groups in total. The number of nitrogens with one attached hydrogen (secondary N) is 1. The zero-order chi connectivity index (χ0) is 14.3. The molecule has 0 saturated heterocycles. The zero-order valence-corrected chi connectivity index (χ0v) is 11.3. The van der Waals surface area contributed by atoms with E-state index >= 15 is 0 Å². The lowest BCUT2D eigenvalue weighted by Crippen LogP contribution is -2.47. The largest absolute Gasteiger partial charge is 0.480 e. The number of rotatable bonds is 8. The Labute approximate surface area is 112 Å². The fraction of sp³-hybridized carbons (Fsp3) is 0.615. The molecule has 0 unspecified atom stereocenters. The highest BCUT2D eigenvalue weighted by atomic mass is 16.4. The molecular formula is C13H21N3O3. The standard InChI is InChI=1S/C13H21N3O3/c1-9(12(17)11(14-2)13(18)19)5-3-6-10-7-4-8-15-16-10/h4,7-9,11-12,14,17H,3,5-6H2,1-2H3,(H,18,19)/t9-,11+,12-/m1/s1. The molecule has 0 aromatic carbocycles. The van der Waals surface area contributed by atoms with Crippen LogP contribution in [0.2, 0.25) is 0 Å². The monoisotopic (exact) mass is 267 g/mol. The molecule has 0 amide bonds. The number of carbonyl (C=O) groups is 1. The van der Waals surface area contributed by atoms with Crippen molar-refractivity contribution < 1.29 is 15.0 Å². The van der Waals surface area contributed by atoms with E-state index in [9.17, 15) is 9.90 Å². The van der Waals surface area contributed by atoms with Crippen LogP contribution in [0.5, 0.6) is 0 Å². The van der Waals surface area contributed by atoms with Gasteiger partial charge in [-0.3, -0.25) is 4.79 Å². The number of carboxylic acids is 1. The summed E-state index contributed by atoms with van der Waals surface area (Å²) in [6.45, 7) is 1.86. The minimum Gasteiger partial charge on any atom is -0.480 e. The summed E-state index contributed by atoms with van der Waals surface area (Å²) < 4.78 is 0. The lowest BCUT2D eigenvalue weighted by molar-refractivity contribution is -0.143. The topological polar surface area (TPSA) is 95.3 Å². The number of aliphatic hydroxyl groups is 1. The van der Waals surface area contributed by atoms with Crippen molar-refractivity contribution in [2.75, 3.05) is 7.05 Å². The van der Waals surface area contributed by atoms with Crippen molar-refractivity contribution in [3.8, 4) is 0 Å². The molecule has 0 aliphatic rings. The fourth-order valence-corrected chi connectivity index (χ4v) is 2.01. The van der Waals surface area contributed by atoms with Gasteiger partial charge in [0.2, 0.25) is 0 Å². The minimum atomic E-state index is -1.03. The molecule has 6 heteroatoms. The van der Waals surface area contributed by atoms with E-state index in [0.29, 0.717) is 0 Å². The second-order valence-corrected chi connectivity index (χ2v) is 4.68. The van der Waals surface area contributed by atoms with Crippen LogP contribution in [0.3, 0.4) is 0 Å². The highest BCUT2D eigenvalue weighted by Gasteiger charge is 2.28. The maximum absolute atomic E-state index is 10.9. The van der Waals surface area contributed by atoms with Gasteiger partial charge in [-0.15, -0.1) is 0 Å². The number of aromatic nitrogens is 2. The van der Waals surface area contributed by atoms with Crippen molar-refractivity contribution in [3.63, 3.8) is 0 Å². The van der Waals surface area contributed by atoms with Crippen LogP contribution in [0.15, 0.2) is 18.3 Å². The molecule has 106 valence electrons. The first-order valence-corrected chi connectivity index (χ1v) is 6.41. The van der Waals surface area contributed by atoms with Crippen molar-refractivity contribution in [1.29, 1.82) is 0 Å². The number of aliphatic carboxylic acids is 1. The van der Waals surface area contributed by atoms with Gasteiger partial charge in [0.1, 0.15) is 6.04 Å². The van der Waals surface area contributed by atoms with E-state index in [1.807, 2.05) is 19.1 Å². The maximum Gasteiger partial charge on any atom is 0.323 e. The highest BCUT2D eigenvalue weighted by Crippen LogP contribution is 2.15. The number of hydrogen-bond acceptors (Lipinski definition) is 5. The summed E-state index contributed by atoms with van der Waals surface area (Å²) in [5, 5.41) is 29.3. The first-order chi connectivity index (χ1) is 9.06. The van der Waals surface area contributed by atoms with Gasteiger partial charge in [-0.2, -0.15) is 10.2 Å². The molecule has 0 bridgehead atoms. The second kappa shape index (κ2) is 7.81. The summed E-state index contributed by atoms with van der Waals surface area (Å²) >= 11 is 0. The Kier molecular flexibility index (Phi) is 6.38. The molecule has 0 fully saturated rings. The Hall–Kier alpha value is -1.53. The third-order valence-electron chi connectivity index (χ3n) is 3.22. The normalized spacial score (nSPS) is 15.7. The Morgan fingerprint density at radius 3 is 2.79 bits per heavy atom. The quantitative estimate of drug-likeness (QED) is 0.633. The van der Waals surface area contributed by atoms with Crippen LogP contribution < -0.4 is 5.32 Å². The van der Waals surface area contributed by atoms with E-state index in [0.717, 1.165) is 25.0 Å². The Balaban J connectivity index is 2.38. The number of hydrogen-bond donors (Lipinski definition) is 3. The molecule has 1 rings (SSSR count). The van der Waals surface area contributed by atoms with Gasteiger partial charge in [-0.25, -0.2) is 0 Å². The lowest BCUT2D eigenvalue weighted by atomic mass is 9.92.